The molecule has 0 unspecified atom stereocenters. The molecular formula is C12H13ClN4O. The van der Waals surface area contributed by atoms with Crippen LogP contribution in [-0.2, 0) is 4.79 Å². The Balaban J connectivity index is 2.28. The highest BCUT2D eigenvalue weighted by Crippen LogP contribution is 2.23. The number of hydrogen-bond acceptors (Lipinski definition) is 4. The van der Waals surface area contributed by atoms with E-state index in [-0.39, 0.29) is 12.5 Å². The average Bonchev–Trinajstić information content (AvgIpc) is 2.35. The summed E-state index contributed by atoms with van der Waals surface area (Å²) >= 11 is 5.95. The largest absolute Gasteiger partial charge is 0.374 e. The van der Waals surface area contributed by atoms with Crippen LogP contribution in [-0.4, -0.2) is 41.6 Å². The molecule has 0 aliphatic rings. The number of benzene rings is 1. The van der Waals surface area contributed by atoms with Gasteiger partial charge < -0.3 is 10.2 Å². The van der Waals surface area contributed by atoms with Gasteiger partial charge in [0.05, 0.1) is 23.9 Å². The first-order chi connectivity index (χ1) is 8.58. The van der Waals surface area contributed by atoms with E-state index in [1.165, 1.54) is 4.90 Å². The SMILES string of the molecule is CN(C)C(=O)CNc1cnnc2ccc(Cl)cc12. The molecule has 0 aliphatic carbocycles. The van der Waals surface area contributed by atoms with Gasteiger partial charge in [-0.05, 0) is 18.2 Å². The number of halogens is 1. The zero-order valence-electron chi connectivity index (χ0n) is 10.1. The Hall–Kier alpha value is -1.88. The molecule has 0 saturated carbocycles. The normalized spacial score (nSPS) is 10.4. The lowest BCUT2D eigenvalue weighted by Gasteiger charge is -2.12. The number of hydrogen-bond donors (Lipinski definition) is 1. The lowest BCUT2D eigenvalue weighted by molar-refractivity contribution is -0.126. The van der Waals surface area contributed by atoms with Crippen LogP contribution in [0.5, 0.6) is 0 Å². The van der Waals surface area contributed by atoms with Gasteiger partial charge >= 0.3 is 0 Å². The molecule has 1 amide bonds. The molecule has 0 aliphatic heterocycles. The van der Waals surface area contributed by atoms with Crippen molar-refractivity contribution in [1.82, 2.24) is 15.1 Å². The van der Waals surface area contributed by atoms with Gasteiger partial charge in [0.1, 0.15) is 0 Å². The number of nitrogens with zero attached hydrogens (tertiary/aromatic N) is 3. The quantitative estimate of drug-likeness (QED) is 0.918. The van der Waals surface area contributed by atoms with Crippen molar-refractivity contribution in [3.63, 3.8) is 0 Å². The van der Waals surface area contributed by atoms with Crippen LogP contribution < -0.4 is 5.32 Å². The Labute approximate surface area is 110 Å². The van der Waals surface area contributed by atoms with Crippen molar-refractivity contribution in [3.05, 3.63) is 29.4 Å². The first-order valence-corrected chi connectivity index (χ1v) is 5.80. The third-order valence-corrected chi connectivity index (χ3v) is 2.77. The second kappa shape index (κ2) is 5.18. The predicted octanol–water partition coefficient (Wildman–Crippen LogP) is 1.78. The molecule has 0 radical (unpaired) electrons. The number of rotatable bonds is 3. The van der Waals surface area contributed by atoms with Crippen LogP contribution in [0.2, 0.25) is 5.02 Å². The number of aromatic nitrogens is 2. The first-order valence-electron chi connectivity index (χ1n) is 5.43. The summed E-state index contributed by atoms with van der Waals surface area (Å²) < 4.78 is 0. The Morgan fingerprint density at radius 3 is 2.94 bits per heavy atom. The van der Waals surface area contributed by atoms with Crippen molar-refractivity contribution in [2.75, 3.05) is 26.0 Å². The van der Waals surface area contributed by atoms with Gasteiger partial charge in [-0.15, -0.1) is 0 Å². The van der Waals surface area contributed by atoms with Crippen LogP contribution in [0.1, 0.15) is 0 Å². The number of carbonyl (C=O) groups is 1. The van der Waals surface area contributed by atoms with Gasteiger partial charge in [0, 0.05) is 24.5 Å². The van der Waals surface area contributed by atoms with Gasteiger partial charge in [0.15, 0.2) is 0 Å². The lowest BCUT2D eigenvalue weighted by Crippen LogP contribution is -2.28. The zero-order valence-corrected chi connectivity index (χ0v) is 10.9. The van der Waals surface area contributed by atoms with E-state index in [1.54, 1.807) is 38.5 Å². The highest BCUT2D eigenvalue weighted by Gasteiger charge is 2.07. The Bertz CT molecular complexity index is 585. The van der Waals surface area contributed by atoms with E-state index in [9.17, 15) is 4.79 Å². The van der Waals surface area contributed by atoms with Gasteiger partial charge in [-0.1, -0.05) is 11.6 Å². The molecule has 2 aromatic rings. The van der Waals surface area contributed by atoms with Crippen molar-refractivity contribution < 1.29 is 4.79 Å². The minimum absolute atomic E-state index is 0.0120. The van der Waals surface area contributed by atoms with E-state index in [2.05, 4.69) is 15.5 Å². The molecule has 0 saturated heterocycles. The summed E-state index contributed by atoms with van der Waals surface area (Å²) in [5.74, 6) is -0.0120. The highest BCUT2D eigenvalue weighted by molar-refractivity contribution is 6.31. The van der Waals surface area contributed by atoms with Crippen LogP contribution in [0.25, 0.3) is 10.9 Å². The van der Waals surface area contributed by atoms with Gasteiger partial charge in [-0.2, -0.15) is 10.2 Å². The molecule has 6 heteroatoms. The summed E-state index contributed by atoms with van der Waals surface area (Å²) in [6.07, 6.45) is 1.58. The smallest absolute Gasteiger partial charge is 0.241 e. The summed E-state index contributed by atoms with van der Waals surface area (Å²) in [5, 5.41) is 12.4. The summed E-state index contributed by atoms with van der Waals surface area (Å²) in [5.41, 5.74) is 1.49. The number of fused-ring (bicyclic) bond motifs is 1. The van der Waals surface area contributed by atoms with Crippen molar-refractivity contribution in [1.29, 1.82) is 0 Å². The molecule has 5 nitrogen and oxygen atoms in total. The standard InChI is InChI=1S/C12H13ClN4O/c1-17(2)12(18)7-14-11-6-15-16-10-4-3-8(13)5-9(10)11/h3-6H,7H2,1-2H3,(H,14,16). The number of anilines is 1. The topological polar surface area (TPSA) is 58.1 Å². The predicted molar refractivity (Wildman–Crippen MR) is 71.7 cm³/mol. The molecule has 1 aromatic heterocycles. The summed E-state index contributed by atoms with van der Waals surface area (Å²) in [4.78, 5) is 13.0. The number of likely N-dealkylation sites (N-methyl/N-ethyl adjacent to an activating group) is 1. The van der Waals surface area contributed by atoms with Crippen molar-refractivity contribution in [3.8, 4) is 0 Å². The maximum absolute atomic E-state index is 11.5. The fourth-order valence-corrected chi connectivity index (χ4v) is 1.67. The molecule has 1 heterocycles. The van der Waals surface area contributed by atoms with Crippen LogP contribution in [0.4, 0.5) is 5.69 Å². The van der Waals surface area contributed by atoms with E-state index in [0.717, 1.165) is 16.6 Å². The average molecular weight is 265 g/mol. The molecular weight excluding hydrogens is 252 g/mol. The van der Waals surface area contributed by atoms with E-state index in [4.69, 9.17) is 11.6 Å². The van der Waals surface area contributed by atoms with E-state index in [1.807, 2.05) is 0 Å². The highest BCUT2D eigenvalue weighted by atomic mass is 35.5. The van der Waals surface area contributed by atoms with E-state index in [0.29, 0.717) is 5.02 Å². The fourth-order valence-electron chi connectivity index (χ4n) is 1.50. The van der Waals surface area contributed by atoms with Crippen LogP contribution in [0.3, 0.4) is 0 Å². The van der Waals surface area contributed by atoms with E-state index >= 15 is 0 Å². The number of amides is 1. The van der Waals surface area contributed by atoms with Gasteiger partial charge in [-0.3, -0.25) is 4.79 Å². The summed E-state index contributed by atoms with van der Waals surface area (Å²) in [7, 11) is 3.42. The minimum atomic E-state index is -0.0120. The molecule has 1 N–H and O–H groups in total. The van der Waals surface area contributed by atoms with Crippen molar-refractivity contribution in [2.24, 2.45) is 0 Å². The zero-order chi connectivity index (χ0) is 13.1. The Kier molecular flexibility index (Phi) is 3.62. The molecule has 0 fully saturated rings. The summed E-state index contributed by atoms with van der Waals surface area (Å²) in [6.45, 7) is 0.209. The first kappa shape index (κ1) is 12.6. The van der Waals surface area contributed by atoms with Gasteiger partial charge in [0.25, 0.3) is 0 Å². The Morgan fingerprint density at radius 1 is 1.44 bits per heavy atom. The van der Waals surface area contributed by atoms with Gasteiger partial charge in [-0.25, -0.2) is 0 Å². The minimum Gasteiger partial charge on any atom is -0.374 e. The fraction of sp³-hybridized carbons (Fsp3) is 0.250. The number of carbonyl (C=O) groups excluding carboxylic acids is 1. The molecule has 0 spiro atoms. The van der Waals surface area contributed by atoms with Crippen molar-refractivity contribution in [2.45, 2.75) is 0 Å². The summed E-state index contributed by atoms with van der Waals surface area (Å²) in [6, 6.07) is 5.35. The number of nitrogens with one attached hydrogen (secondary N) is 1. The molecule has 1 aromatic carbocycles. The molecule has 94 valence electrons. The molecule has 0 atom stereocenters. The van der Waals surface area contributed by atoms with Crippen LogP contribution in [0.15, 0.2) is 24.4 Å². The van der Waals surface area contributed by atoms with Crippen LogP contribution in [0, 0.1) is 0 Å². The molecule has 0 bridgehead atoms. The molecule has 2 rings (SSSR count). The van der Waals surface area contributed by atoms with Gasteiger partial charge in [0.2, 0.25) is 5.91 Å². The van der Waals surface area contributed by atoms with E-state index < -0.39 is 0 Å². The molecule has 18 heavy (non-hydrogen) atoms. The maximum Gasteiger partial charge on any atom is 0.241 e. The van der Waals surface area contributed by atoms with Crippen LogP contribution >= 0.6 is 11.6 Å². The third kappa shape index (κ3) is 2.68. The lowest BCUT2D eigenvalue weighted by atomic mass is 10.2. The second-order valence-electron chi connectivity index (χ2n) is 4.06. The second-order valence-corrected chi connectivity index (χ2v) is 4.50. The Morgan fingerprint density at radius 2 is 2.22 bits per heavy atom. The monoisotopic (exact) mass is 264 g/mol. The maximum atomic E-state index is 11.5. The third-order valence-electron chi connectivity index (χ3n) is 2.53. The van der Waals surface area contributed by atoms with Crippen molar-refractivity contribution >= 4 is 34.1 Å².